The maximum Gasteiger partial charge on any atom is 0.481 e. The summed E-state index contributed by atoms with van der Waals surface area (Å²) in [6.45, 7) is 2.49. The van der Waals surface area contributed by atoms with E-state index in [4.69, 9.17) is 19.5 Å². The van der Waals surface area contributed by atoms with E-state index in [-0.39, 0.29) is 53.4 Å². The molecule has 2 aromatic rings. The van der Waals surface area contributed by atoms with Crippen LogP contribution in [0, 0.1) is 17.3 Å². The van der Waals surface area contributed by atoms with Gasteiger partial charge in [0.15, 0.2) is 22.8 Å². The summed E-state index contributed by atoms with van der Waals surface area (Å²) in [5.41, 5.74) is 4.25. The molecule has 29 heteroatoms. The van der Waals surface area contributed by atoms with E-state index in [0.717, 1.165) is 54.7 Å². The number of hydrogen-bond acceptors (Lipinski definition) is 19. The van der Waals surface area contributed by atoms with Gasteiger partial charge in [-0.05, 0) is 38.0 Å². The van der Waals surface area contributed by atoms with E-state index >= 15 is 0 Å². The molecule has 9 unspecified atom stereocenters. The Bertz CT molecular complexity index is 2120. The number of carbonyl (C=O) groups excluding carboxylic acids is 4. The summed E-state index contributed by atoms with van der Waals surface area (Å²) in [7, 11) is -16.4. The largest absolute Gasteiger partial charge is 0.481 e. The molecule has 10 N–H and O–H groups in total. The molecule has 4 rings (SSSR count). The van der Waals surface area contributed by atoms with Gasteiger partial charge in [-0.25, -0.2) is 28.6 Å². The topological polar surface area (TPSA) is 381 Å². The van der Waals surface area contributed by atoms with Crippen molar-refractivity contribution in [3.05, 3.63) is 24.8 Å². The SMILES string of the molecule is CCC=CCC1C(=O)CCC1CCCC(=O)SCCNC(=O)CCNC(=O)C(O)C(C)(C)COP(=O)(O)OP(=O)(O)OCC1OC(n2cnc3c(N)ncnc32)C(O)C1OP(=O)(O)O. The number of ketones is 1. The summed E-state index contributed by atoms with van der Waals surface area (Å²) < 4.78 is 62.3. The van der Waals surface area contributed by atoms with Crippen molar-refractivity contribution in [2.75, 3.05) is 37.8 Å². The van der Waals surface area contributed by atoms with Gasteiger partial charge in [0, 0.05) is 49.4 Å². The zero-order chi connectivity index (χ0) is 47.5. The van der Waals surface area contributed by atoms with Crippen molar-refractivity contribution in [2.45, 2.75) is 103 Å². The van der Waals surface area contributed by atoms with E-state index in [0.29, 0.717) is 30.8 Å². The van der Waals surface area contributed by atoms with Crippen molar-refractivity contribution in [1.29, 1.82) is 0 Å². The fraction of sp³-hybridized carbons (Fsp3) is 0.686. The molecule has 9 atom stereocenters. The fourth-order valence-electron chi connectivity index (χ4n) is 6.93. The number of Topliss-reactive ketones (excluding diaryl/α,β-unsaturated/α-hetero) is 1. The van der Waals surface area contributed by atoms with Gasteiger partial charge < -0.3 is 50.9 Å². The molecule has 0 bridgehead atoms. The maximum atomic E-state index is 12.7. The van der Waals surface area contributed by atoms with Crippen LogP contribution in [0.5, 0.6) is 0 Å². The summed E-state index contributed by atoms with van der Waals surface area (Å²) >= 11 is 1.09. The van der Waals surface area contributed by atoms with Gasteiger partial charge in [0.05, 0.1) is 19.5 Å². The standard InChI is InChI=1S/C35H56N7O18P3S/c1-4-5-6-9-22-21(11-12-23(22)43)8-7-10-26(45)64-16-15-37-25(44)13-14-38-33(48)30(47)35(2,3)18-57-63(54,55)60-62(52,53)56-17-24-29(59-61(49,50)51)28(46)34(58-24)42-20-41-27-31(36)39-19-40-32(27)42/h5-6,19-22,24,28-30,34,46-47H,4,7-18H2,1-3H3,(H,37,44)(H,38,48)(H,52,53)(H,54,55)(H2,36,39,40)(H2,49,50,51). The zero-order valence-electron chi connectivity index (χ0n) is 35.2. The molecule has 360 valence electrons. The number of hydrogen-bond donors (Lipinski definition) is 9. The van der Waals surface area contributed by atoms with Crippen LogP contribution in [-0.4, -0.2) is 128 Å². The van der Waals surface area contributed by atoms with Gasteiger partial charge in [0.2, 0.25) is 11.8 Å². The molecule has 0 aromatic carbocycles. The minimum absolute atomic E-state index is 0.0158. The van der Waals surface area contributed by atoms with E-state index in [1.165, 1.54) is 13.8 Å². The van der Waals surface area contributed by atoms with Crippen LogP contribution in [0.2, 0.25) is 0 Å². The number of nitrogens with two attached hydrogens (primary N) is 1. The van der Waals surface area contributed by atoms with Crippen LogP contribution in [0.4, 0.5) is 5.82 Å². The summed E-state index contributed by atoms with van der Waals surface area (Å²) in [5, 5.41) is 26.5. The number of rotatable bonds is 26. The predicted molar refractivity (Wildman–Crippen MR) is 226 cm³/mol. The normalized spacial score (nSPS) is 24.2. The Kier molecular flexibility index (Phi) is 19.8. The lowest BCUT2D eigenvalue weighted by atomic mass is 9.87. The Labute approximate surface area is 372 Å². The molecule has 64 heavy (non-hydrogen) atoms. The number of nitrogens with one attached hydrogen (secondary N) is 2. The number of nitrogens with zero attached hydrogens (tertiary/aromatic N) is 4. The van der Waals surface area contributed by atoms with Crippen LogP contribution in [-0.2, 0) is 55.5 Å². The third kappa shape index (κ3) is 16.1. The van der Waals surface area contributed by atoms with E-state index in [9.17, 15) is 62.7 Å². The van der Waals surface area contributed by atoms with Gasteiger partial charge in [-0.1, -0.05) is 44.7 Å². The highest BCUT2D eigenvalue weighted by molar-refractivity contribution is 8.13. The molecule has 3 heterocycles. The lowest BCUT2D eigenvalue weighted by Gasteiger charge is -2.30. The number of ether oxygens (including phenoxy) is 1. The van der Waals surface area contributed by atoms with Crippen LogP contribution in [0.25, 0.3) is 11.2 Å². The highest BCUT2D eigenvalue weighted by Crippen LogP contribution is 2.61. The second kappa shape index (κ2) is 23.6. The van der Waals surface area contributed by atoms with Crippen molar-refractivity contribution in [2.24, 2.45) is 17.3 Å². The van der Waals surface area contributed by atoms with E-state index in [1.54, 1.807) is 0 Å². The van der Waals surface area contributed by atoms with Crippen LogP contribution in [0.1, 0.15) is 78.4 Å². The van der Waals surface area contributed by atoms with Gasteiger partial charge in [-0.15, -0.1) is 0 Å². The molecule has 1 saturated heterocycles. The van der Waals surface area contributed by atoms with Gasteiger partial charge in [-0.3, -0.25) is 37.3 Å². The number of allylic oxidation sites excluding steroid dienone is 2. The summed E-state index contributed by atoms with van der Waals surface area (Å²) in [5.74, 6) is -0.541. The minimum Gasteiger partial charge on any atom is -0.386 e. The summed E-state index contributed by atoms with van der Waals surface area (Å²) in [6.07, 6.45) is 2.09. The minimum atomic E-state index is -5.58. The number of aliphatic hydroxyl groups is 2. The molecule has 0 radical (unpaired) electrons. The number of phosphoric acid groups is 3. The van der Waals surface area contributed by atoms with Crippen molar-refractivity contribution >= 4 is 74.9 Å². The molecule has 2 amide bonds. The molecule has 2 fully saturated rings. The molecule has 25 nitrogen and oxygen atoms in total. The monoisotopic (exact) mass is 987 g/mol. The molecule has 1 aliphatic heterocycles. The van der Waals surface area contributed by atoms with Gasteiger partial charge in [0.1, 0.15) is 42.0 Å². The van der Waals surface area contributed by atoms with Crippen molar-refractivity contribution in [3.63, 3.8) is 0 Å². The smallest absolute Gasteiger partial charge is 0.386 e. The number of imidazole rings is 1. The Morgan fingerprint density at radius 1 is 1.06 bits per heavy atom. The van der Waals surface area contributed by atoms with Crippen LogP contribution < -0.4 is 16.4 Å². The third-order valence-corrected chi connectivity index (χ3v) is 14.3. The van der Waals surface area contributed by atoms with Gasteiger partial charge in [0.25, 0.3) is 0 Å². The number of aromatic nitrogens is 4. The van der Waals surface area contributed by atoms with Crippen molar-refractivity contribution < 1.29 is 85.3 Å². The van der Waals surface area contributed by atoms with Crippen LogP contribution in [0.3, 0.4) is 0 Å². The first-order chi connectivity index (χ1) is 29.9. The van der Waals surface area contributed by atoms with Crippen molar-refractivity contribution in [1.82, 2.24) is 30.2 Å². The molecule has 1 saturated carbocycles. The first kappa shape index (κ1) is 53.6. The number of nitrogen functional groups attached to an aromatic ring is 1. The first-order valence-corrected chi connectivity index (χ1v) is 25.7. The number of phosphoric ester groups is 3. The zero-order valence-corrected chi connectivity index (χ0v) is 38.7. The Morgan fingerprint density at radius 2 is 1.78 bits per heavy atom. The second-order valence-electron chi connectivity index (χ2n) is 15.7. The summed E-state index contributed by atoms with van der Waals surface area (Å²) in [6, 6.07) is 0. The quantitative estimate of drug-likeness (QED) is 0.0368. The third-order valence-electron chi connectivity index (χ3n) is 10.3. The highest BCUT2D eigenvalue weighted by atomic mass is 32.2. The number of fused-ring (bicyclic) bond motifs is 1. The molecular weight excluding hydrogens is 931 g/mol. The predicted octanol–water partition coefficient (Wildman–Crippen LogP) is 1.79. The molecule has 0 spiro atoms. The Morgan fingerprint density at radius 3 is 2.48 bits per heavy atom. The number of carbonyl (C=O) groups is 4. The lowest BCUT2D eigenvalue weighted by Crippen LogP contribution is -2.46. The van der Waals surface area contributed by atoms with E-state index in [1.807, 2.05) is 6.92 Å². The van der Waals surface area contributed by atoms with Crippen LogP contribution >= 0.6 is 35.2 Å². The number of thioether (sulfide) groups is 1. The molecular formula is C35H56N7O18P3S. The molecule has 2 aliphatic rings. The molecule has 1 aliphatic carbocycles. The average Bonchev–Trinajstić information content (AvgIpc) is 3.89. The Balaban J connectivity index is 1.15. The van der Waals surface area contributed by atoms with Gasteiger partial charge in [-0.2, -0.15) is 4.31 Å². The lowest BCUT2D eigenvalue weighted by molar-refractivity contribution is -0.137. The fourth-order valence-corrected chi connectivity index (χ4v) is 10.5. The average molecular weight is 988 g/mol. The van der Waals surface area contributed by atoms with Crippen molar-refractivity contribution in [3.8, 4) is 0 Å². The highest BCUT2D eigenvalue weighted by Gasteiger charge is 2.50. The van der Waals surface area contributed by atoms with Gasteiger partial charge >= 0.3 is 23.5 Å². The van der Waals surface area contributed by atoms with Crippen LogP contribution in [0.15, 0.2) is 24.8 Å². The Hall–Kier alpha value is -3.03. The summed E-state index contributed by atoms with van der Waals surface area (Å²) in [4.78, 5) is 101. The number of aliphatic hydroxyl groups excluding tert-OH is 2. The number of anilines is 1. The maximum absolute atomic E-state index is 12.7. The van der Waals surface area contributed by atoms with E-state index < -0.39 is 84.6 Å². The van der Waals surface area contributed by atoms with E-state index in [2.05, 4.69) is 46.6 Å². The number of amides is 2. The second-order valence-corrected chi connectivity index (χ2v) is 21.1. The first-order valence-electron chi connectivity index (χ1n) is 20.2. The molecule has 2 aromatic heterocycles.